The third-order valence-corrected chi connectivity index (χ3v) is 4.31. The Hall–Kier alpha value is -2.55. The molecule has 0 bridgehead atoms. The molecule has 0 aliphatic heterocycles. The van der Waals surface area contributed by atoms with Gasteiger partial charge in [0.2, 0.25) is 0 Å². The van der Waals surface area contributed by atoms with Crippen LogP contribution in [0.5, 0.6) is 11.5 Å². The molecule has 0 fully saturated rings. The minimum Gasteiger partial charge on any atom is -0.496 e. The molecule has 0 saturated heterocycles. The predicted molar refractivity (Wildman–Crippen MR) is 94.0 cm³/mol. The highest BCUT2D eigenvalue weighted by Crippen LogP contribution is 2.45. The van der Waals surface area contributed by atoms with Crippen molar-refractivity contribution in [1.82, 2.24) is 4.90 Å². The maximum Gasteiger partial charge on any atom is 0.420 e. The van der Waals surface area contributed by atoms with Crippen molar-refractivity contribution in [3.63, 3.8) is 0 Å². The lowest BCUT2D eigenvalue weighted by molar-refractivity contribution is -0.138. The second-order valence-electron chi connectivity index (χ2n) is 5.43. The maximum absolute atomic E-state index is 13.7. The molecule has 0 spiro atoms. The van der Waals surface area contributed by atoms with Gasteiger partial charge >= 0.3 is 12.1 Å². The van der Waals surface area contributed by atoms with Gasteiger partial charge in [-0.3, -0.25) is 4.79 Å². The van der Waals surface area contributed by atoms with Crippen molar-refractivity contribution in [2.75, 3.05) is 27.8 Å². The highest BCUT2D eigenvalue weighted by molar-refractivity contribution is 7.80. The number of methoxy groups -OCH3 is 2. The normalized spacial score (nSPS) is 11.3. The molecule has 0 radical (unpaired) electrons. The van der Waals surface area contributed by atoms with Crippen molar-refractivity contribution in [1.29, 1.82) is 0 Å². The van der Waals surface area contributed by atoms with Crippen molar-refractivity contribution < 1.29 is 32.5 Å². The van der Waals surface area contributed by atoms with Crippen LogP contribution in [0.3, 0.4) is 0 Å². The van der Waals surface area contributed by atoms with E-state index in [9.17, 15) is 18.0 Å². The number of hydrogen-bond acceptors (Lipinski definition) is 4. The SMILES string of the molecule is COc1ccc2c(C(=S)N(C)CC(=O)O)ccc(OC)c2c1C(F)(F)F. The van der Waals surface area contributed by atoms with Crippen LogP contribution in [0, 0.1) is 0 Å². The lowest BCUT2D eigenvalue weighted by atomic mass is 9.97. The molecule has 0 aliphatic carbocycles. The van der Waals surface area contributed by atoms with Crippen molar-refractivity contribution in [3.8, 4) is 11.5 Å². The summed E-state index contributed by atoms with van der Waals surface area (Å²) in [6.45, 7) is -0.380. The molecule has 0 aliphatic rings. The molecule has 140 valence electrons. The first-order chi connectivity index (χ1) is 12.1. The van der Waals surface area contributed by atoms with E-state index in [0.29, 0.717) is 5.56 Å². The Morgan fingerprint density at radius 2 is 1.73 bits per heavy atom. The molecule has 0 atom stereocenters. The van der Waals surface area contributed by atoms with Gasteiger partial charge in [-0.25, -0.2) is 0 Å². The van der Waals surface area contributed by atoms with Gasteiger partial charge in [0.1, 0.15) is 28.6 Å². The van der Waals surface area contributed by atoms with Crippen LogP contribution in [-0.4, -0.2) is 48.8 Å². The minimum absolute atomic E-state index is 0.0127. The van der Waals surface area contributed by atoms with Gasteiger partial charge in [0.25, 0.3) is 0 Å². The zero-order valence-electron chi connectivity index (χ0n) is 14.2. The van der Waals surface area contributed by atoms with Crippen molar-refractivity contribution in [2.24, 2.45) is 0 Å². The third kappa shape index (κ3) is 3.67. The molecule has 2 rings (SSSR count). The number of carboxylic acid groups (broad SMARTS) is 1. The van der Waals surface area contributed by atoms with Gasteiger partial charge in [0.15, 0.2) is 0 Å². The Bertz CT molecular complexity index is 867. The summed E-state index contributed by atoms with van der Waals surface area (Å²) in [5, 5.41) is 8.91. The number of nitrogens with zero attached hydrogens (tertiary/aromatic N) is 1. The number of likely N-dealkylation sites (N-methyl/N-ethyl adjacent to an activating group) is 1. The summed E-state index contributed by atoms with van der Waals surface area (Å²) in [4.78, 5) is 12.3. The number of carbonyl (C=O) groups is 1. The van der Waals surface area contributed by atoms with Gasteiger partial charge in [-0.2, -0.15) is 13.2 Å². The molecule has 2 aromatic rings. The van der Waals surface area contributed by atoms with Crippen LogP contribution in [0.15, 0.2) is 24.3 Å². The van der Waals surface area contributed by atoms with Crippen LogP contribution in [0.1, 0.15) is 11.1 Å². The summed E-state index contributed by atoms with van der Waals surface area (Å²) >= 11 is 5.28. The number of halogens is 3. The molecule has 0 heterocycles. The lowest BCUT2D eigenvalue weighted by Crippen LogP contribution is -2.31. The van der Waals surface area contributed by atoms with E-state index in [1.54, 1.807) is 0 Å². The molecular formula is C17H16F3NO4S. The molecular weight excluding hydrogens is 371 g/mol. The van der Waals surface area contributed by atoms with Crippen LogP contribution in [0.2, 0.25) is 0 Å². The fraction of sp³-hybridized carbons (Fsp3) is 0.294. The molecule has 5 nitrogen and oxygen atoms in total. The van der Waals surface area contributed by atoms with E-state index in [1.165, 1.54) is 43.3 Å². The van der Waals surface area contributed by atoms with Crippen LogP contribution in [0.4, 0.5) is 13.2 Å². The van der Waals surface area contributed by atoms with Gasteiger partial charge in [-0.1, -0.05) is 12.2 Å². The summed E-state index contributed by atoms with van der Waals surface area (Å²) < 4.78 is 51.1. The van der Waals surface area contributed by atoms with E-state index in [-0.39, 0.29) is 33.8 Å². The molecule has 0 amide bonds. The second-order valence-corrected chi connectivity index (χ2v) is 5.82. The smallest absolute Gasteiger partial charge is 0.420 e. The Labute approximate surface area is 152 Å². The highest BCUT2D eigenvalue weighted by atomic mass is 32.1. The van der Waals surface area contributed by atoms with Gasteiger partial charge in [-0.15, -0.1) is 0 Å². The topological polar surface area (TPSA) is 59.0 Å². The fourth-order valence-electron chi connectivity index (χ4n) is 2.68. The number of aliphatic carboxylic acids is 1. The lowest BCUT2D eigenvalue weighted by Gasteiger charge is -2.22. The zero-order valence-corrected chi connectivity index (χ0v) is 15.0. The van der Waals surface area contributed by atoms with Crippen molar-refractivity contribution >= 4 is 33.9 Å². The quantitative estimate of drug-likeness (QED) is 0.792. The van der Waals surface area contributed by atoms with Gasteiger partial charge in [0.05, 0.1) is 14.2 Å². The molecule has 0 saturated carbocycles. The van der Waals surface area contributed by atoms with E-state index >= 15 is 0 Å². The molecule has 26 heavy (non-hydrogen) atoms. The molecule has 0 aromatic heterocycles. The summed E-state index contributed by atoms with van der Waals surface area (Å²) in [5.41, 5.74) is -0.674. The Morgan fingerprint density at radius 3 is 2.23 bits per heavy atom. The summed E-state index contributed by atoms with van der Waals surface area (Å²) in [6.07, 6.45) is -4.69. The first-order valence-electron chi connectivity index (χ1n) is 7.34. The summed E-state index contributed by atoms with van der Waals surface area (Å²) in [7, 11) is 3.88. The number of alkyl halides is 3. The van der Waals surface area contributed by atoms with Crippen molar-refractivity contribution in [2.45, 2.75) is 6.18 Å². The Kier molecular flexibility index (Phi) is 5.60. The summed E-state index contributed by atoms with van der Waals surface area (Å²) in [5.74, 6) is -1.44. The second kappa shape index (κ2) is 7.36. The largest absolute Gasteiger partial charge is 0.496 e. The minimum atomic E-state index is -4.69. The predicted octanol–water partition coefficient (Wildman–Crippen LogP) is 3.57. The number of ether oxygens (including phenoxy) is 2. The first-order valence-corrected chi connectivity index (χ1v) is 7.74. The van der Waals surface area contributed by atoms with Crippen LogP contribution in [-0.2, 0) is 11.0 Å². The number of carboxylic acids is 1. The van der Waals surface area contributed by atoms with Crippen molar-refractivity contribution in [3.05, 3.63) is 35.4 Å². The average Bonchev–Trinajstić information content (AvgIpc) is 2.57. The number of fused-ring (bicyclic) bond motifs is 1. The monoisotopic (exact) mass is 387 g/mol. The molecule has 0 unspecified atom stereocenters. The van der Waals surface area contributed by atoms with Crippen LogP contribution in [0.25, 0.3) is 10.8 Å². The fourth-order valence-corrected chi connectivity index (χ4v) is 2.93. The third-order valence-electron chi connectivity index (χ3n) is 3.78. The van der Waals surface area contributed by atoms with E-state index in [0.717, 1.165) is 7.11 Å². The van der Waals surface area contributed by atoms with Gasteiger partial charge < -0.3 is 19.5 Å². The first kappa shape index (κ1) is 19.8. The van der Waals surface area contributed by atoms with E-state index in [2.05, 4.69) is 0 Å². The Balaban J connectivity index is 2.81. The maximum atomic E-state index is 13.7. The van der Waals surface area contributed by atoms with E-state index in [1.807, 2.05) is 0 Å². The molecule has 1 N–H and O–H groups in total. The standard InChI is InChI=1S/C17H16F3NO4S/c1-21(8-13(22)23)16(26)10-5-6-11(24-2)14-9(10)4-7-12(25-3)15(14)17(18,19)20/h4-7H,8H2,1-3H3,(H,22,23). The number of thiocarbonyl (C=S) groups is 1. The number of rotatable bonds is 5. The zero-order chi connectivity index (χ0) is 19.6. The number of hydrogen-bond donors (Lipinski definition) is 1. The van der Waals surface area contributed by atoms with E-state index < -0.39 is 17.7 Å². The molecule has 2 aromatic carbocycles. The van der Waals surface area contributed by atoms with E-state index in [4.69, 9.17) is 26.8 Å². The van der Waals surface area contributed by atoms with Gasteiger partial charge in [0, 0.05) is 18.0 Å². The van der Waals surface area contributed by atoms with Crippen LogP contribution >= 0.6 is 12.2 Å². The van der Waals surface area contributed by atoms with Gasteiger partial charge in [-0.05, 0) is 29.7 Å². The van der Waals surface area contributed by atoms with Crippen LogP contribution < -0.4 is 9.47 Å². The molecule has 9 heteroatoms. The Morgan fingerprint density at radius 1 is 1.15 bits per heavy atom. The average molecular weight is 387 g/mol. The summed E-state index contributed by atoms with van der Waals surface area (Å²) in [6, 6.07) is 5.53. The highest BCUT2D eigenvalue weighted by Gasteiger charge is 2.38. The number of benzene rings is 2.